The Hall–Kier alpha value is -2.63. The molecular weight excluding hydrogens is 434 g/mol. The van der Waals surface area contributed by atoms with Crippen molar-refractivity contribution < 1.29 is 9.53 Å². The average molecular weight is 474 g/mol. The van der Waals surface area contributed by atoms with Gasteiger partial charge in [-0.05, 0) is 41.9 Å². The van der Waals surface area contributed by atoms with Gasteiger partial charge >= 0.3 is 0 Å². The van der Waals surface area contributed by atoms with Gasteiger partial charge in [0, 0.05) is 56.2 Å². The predicted molar refractivity (Wildman–Crippen MR) is 142 cm³/mol. The van der Waals surface area contributed by atoms with Crippen LogP contribution in [0.15, 0.2) is 60.8 Å². The molecular formula is C30H39N3O2. The fraction of sp³-hybridized carbons (Fsp3) is 0.500. The maximum absolute atomic E-state index is 13.2. The molecule has 2 fully saturated rings. The van der Waals surface area contributed by atoms with E-state index in [2.05, 4.69) is 75.6 Å². The first kappa shape index (κ1) is 24.1. The second-order valence-electron chi connectivity index (χ2n) is 10.2. The lowest BCUT2D eigenvalue weighted by Gasteiger charge is -2.30. The number of nitrogens with zero attached hydrogens (tertiary/aromatic N) is 2. The highest BCUT2D eigenvalue weighted by Gasteiger charge is 2.29. The summed E-state index contributed by atoms with van der Waals surface area (Å²) in [4.78, 5) is 15.6. The molecule has 3 aromatic rings. The molecule has 1 N–H and O–H groups in total. The van der Waals surface area contributed by atoms with Crippen molar-refractivity contribution in [2.75, 3.05) is 39.4 Å². The van der Waals surface area contributed by atoms with Gasteiger partial charge in [0.25, 0.3) is 0 Å². The minimum Gasteiger partial charge on any atom is -0.379 e. The summed E-state index contributed by atoms with van der Waals surface area (Å²) in [6, 6.07) is 19.4. The van der Waals surface area contributed by atoms with Crippen molar-refractivity contribution in [1.29, 1.82) is 0 Å². The first-order valence-corrected chi connectivity index (χ1v) is 13.5. The normalized spacial score (nSPS) is 18.5. The molecule has 1 amide bonds. The molecule has 1 aliphatic heterocycles. The Morgan fingerprint density at radius 2 is 1.71 bits per heavy atom. The maximum Gasteiger partial charge on any atom is 0.220 e. The van der Waals surface area contributed by atoms with E-state index in [0.29, 0.717) is 18.9 Å². The first-order valence-electron chi connectivity index (χ1n) is 13.5. The van der Waals surface area contributed by atoms with Crippen LogP contribution in [0.2, 0.25) is 0 Å². The third-order valence-corrected chi connectivity index (χ3v) is 7.89. The number of amides is 1. The van der Waals surface area contributed by atoms with Gasteiger partial charge in [-0.3, -0.25) is 9.69 Å². The van der Waals surface area contributed by atoms with Gasteiger partial charge in [0.1, 0.15) is 0 Å². The summed E-state index contributed by atoms with van der Waals surface area (Å²) in [5.74, 6) is 1.03. The maximum atomic E-state index is 13.2. The minimum atomic E-state index is 0.189. The van der Waals surface area contributed by atoms with E-state index < -0.39 is 0 Å². The molecule has 1 aliphatic carbocycles. The van der Waals surface area contributed by atoms with Crippen LogP contribution < -0.4 is 5.32 Å². The number of carbonyl (C=O) groups excluding carboxylic acids is 1. The van der Waals surface area contributed by atoms with Crippen LogP contribution in [-0.2, 0) is 16.1 Å². The molecule has 0 spiro atoms. The Bertz CT molecular complexity index is 1080. The Morgan fingerprint density at radius 3 is 2.51 bits per heavy atom. The number of rotatable bonds is 9. The van der Waals surface area contributed by atoms with Crippen LogP contribution in [0.3, 0.4) is 0 Å². The summed E-state index contributed by atoms with van der Waals surface area (Å²) in [6.07, 6.45) is 9.26. The molecule has 1 atom stereocenters. The van der Waals surface area contributed by atoms with Gasteiger partial charge in [0.15, 0.2) is 0 Å². The summed E-state index contributed by atoms with van der Waals surface area (Å²) in [6.45, 7) is 5.98. The Balaban J connectivity index is 1.35. The van der Waals surface area contributed by atoms with E-state index in [0.717, 1.165) is 39.4 Å². The number of fused-ring (bicyclic) bond motifs is 1. The molecule has 5 nitrogen and oxygen atoms in total. The number of nitrogens with one attached hydrogen (secondary N) is 1. The highest BCUT2D eigenvalue weighted by Crippen LogP contribution is 2.41. The van der Waals surface area contributed by atoms with Gasteiger partial charge in [0.2, 0.25) is 5.91 Å². The summed E-state index contributed by atoms with van der Waals surface area (Å²) in [5, 5.41) is 4.54. The van der Waals surface area contributed by atoms with Crippen LogP contribution in [0.5, 0.6) is 0 Å². The zero-order chi connectivity index (χ0) is 23.9. The lowest BCUT2D eigenvalue weighted by molar-refractivity contribution is -0.121. The monoisotopic (exact) mass is 473 g/mol. The van der Waals surface area contributed by atoms with Gasteiger partial charge in [-0.15, -0.1) is 0 Å². The topological polar surface area (TPSA) is 46.5 Å². The fourth-order valence-electron chi connectivity index (χ4n) is 6.00. The first-order chi connectivity index (χ1) is 17.3. The molecule has 5 rings (SSSR count). The molecule has 0 unspecified atom stereocenters. The molecule has 0 bridgehead atoms. The largest absolute Gasteiger partial charge is 0.379 e. The number of para-hydroxylation sites is 1. The van der Waals surface area contributed by atoms with E-state index in [9.17, 15) is 4.79 Å². The summed E-state index contributed by atoms with van der Waals surface area (Å²) in [5.41, 5.74) is 3.92. The van der Waals surface area contributed by atoms with E-state index in [1.165, 1.54) is 54.1 Å². The quantitative estimate of drug-likeness (QED) is 0.465. The number of hydrogen-bond acceptors (Lipinski definition) is 3. The number of hydrogen-bond donors (Lipinski definition) is 1. The molecule has 5 heteroatoms. The fourth-order valence-corrected chi connectivity index (χ4v) is 6.00. The molecule has 2 aromatic carbocycles. The average Bonchev–Trinajstić information content (AvgIpc) is 3.27. The Labute approximate surface area is 209 Å². The minimum absolute atomic E-state index is 0.189. The van der Waals surface area contributed by atoms with E-state index in [1.807, 2.05) is 0 Å². The van der Waals surface area contributed by atoms with Gasteiger partial charge < -0.3 is 14.6 Å². The van der Waals surface area contributed by atoms with Crippen molar-refractivity contribution in [2.24, 2.45) is 5.92 Å². The molecule has 35 heavy (non-hydrogen) atoms. The van der Waals surface area contributed by atoms with Crippen LogP contribution >= 0.6 is 0 Å². The van der Waals surface area contributed by atoms with Crippen molar-refractivity contribution in [3.05, 3.63) is 71.9 Å². The summed E-state index contributed by atoms with van der Waals surface area (Å²) >= 11 is 0. The standard InChI is InChI=1S/C30H39N3O2/c34-30(31-15-16-32-17-19-35-20-18-32)21-27(25-11-5-2-6-12-25)28-23-33(22-24-9-3-1-4-10-24)29-14-8-7-13-26(28)29/h1,3-4,7-10,13-14,23,25,27H,2,5-6,11-12,15-22H2,(H,31,34)/t27-/m0/s1. The van der Waals surface area contributed by atoms with Crippen molar-refractivity contribution in [1.82, 2.24) is 14.8 Å². The third-order valence-electron chi connectivity index (χ3n) is 7.89. The van der Waals surface area contributed by atoms with Gasteiger partial charge in [-0.25, -0.2) is 0 Å². The molecule has 1 aromatic heterocycles. The van der Waals surface area contributed by atoms with Gasteiger partial charge in [0.05, 0.1) is 13.2 Å². The Morgan fingerprint density at radius 1 is 0.971 bits per heavy atom. The molecule has 1 saturated heterocycles. The van der Waals surface area contributed by atoms with Crippen molar-refractivity contribution in [3.63, 3.8) is 0 Å². The van der Waals surface area contributed by atoms with Crippen LogP contribution in [0.25, 0.3) is 10.9 Å². The van der Waals surface area contributed by atoms with Gasteiger partial charge in [-0.1, -0.05) is 67.8 Å². The highest BCUT2D eigenvalue weighted by molar-refractivity contribution is 5.86. The van der Waals surface area contributed by atoms with E-state index >= 15 is 0 Å². The number of morpholine rings is 1. The predicted octanol–water partition coefficient (Wildman–Crippen LogP) is 5.19. The lowest BCUT2D eigenvalue weighted by atomic mass is 9.75. The number of carbonyl (C=O) groups is 1. The highest BCUT2D eigenvalue weighted by atomic mass is 16.5. The zero-order valence-electron chi connectivity index (χ0n) is 20.8. The number of aromatic nitrogens is 1. The summed E-state index contributed by atoms with van der Waals surface area (Å²) in [7, 11) is 0. The molecule has 186 valence electrons. The second kappa shape index (κ2) is 11.9. The smallest absolute Gasteiger partial charge is 0.220 e. The van der Waals surface area contributed by atoms with E-state index in [-0.39, 0.29) is 11.8 Å². The zero-order valence-corrected chi connectivity index (χ0v) is 20.8. The molecule has 1 saturated carbocycles. The second-order valence-corrected chi connectivity index (χ2v) is 10.2. The van der Waals surface area contributed by atoms with E-state index in [4.69, 9.17) is 4.74 Å². The molecule has 0 radical (unpaired) electrons. The van der Waals surface area contributed by atoms with Crippen molar-refractivity contribution >= 4 is 16.8 Å². The van der Waals surface area contributed by atoms with Crippen LogP contribution in [0, 0.1) is 5.92 Å². The Kier molecular flexibility index (Phi) is 8.17. The molecule has 2 aliphatic rings. The number of ether oxygens (including phenoxy) is 1. The number of benzene rings is 2. The summed E-state index contributed by atoms with van der Waals surface area (Å²) < 4.78 is 7.82. The third kappa shape index (κ3) is 6.14. The molecule has 2 heterocycles. The van der Waals surface area contributed by atoms with E-state index in [1.54, 1.807) is 0 Å². The van der Waals surface area contributed by atoms with Crippen LogP contribution in [-0.4, -0.2) is 54.8 Å². The van der Waals surface area contributed by atoms with Crippen molar-refractivity contribution in [2.45, 2.75) is 51.0 Å². The van der Waals surface area contributed by atoms with Gasteiger partial charge in [-0.2, -0.15) is 0 Å². The lowest BCUT2D eigenvalue weighted by Crippen LogP contribution is -2.41. The van der Waals surface area contributed by atoms with Crippen LogP contribution in [0.1, 0.15) is 55.6 Å². The SMILES string of the molecule is O=C(C[C@H](c1cn(Cc2ccccc2)c2ccccc12)C1CCCCC1)NCCN1CCOCC1. The van der Waals surface area contributed by atoms with Crippen LogP contribution in [0.4, 0.5) is 0 Å². The van der Waals surface area contributed by atoms with Crippen molar-refractivity contribution in [3.8, 4) is 0 Å².